The van der Waals surface area contributed by atoms with Crippen molar-refractivity contribution >= 4 is 29.2 Å². The highest BCUT2D eigenvalue weighted by Crippen LogP contribution is 2.21. The summed E-state index contributed by atoms with van der Waals surface area (Å²) >= 11 is 11.9. The normalized spacial score (nSPS) is 10.4. The Balaban J connectivity index is 2.17. The van der Waals surface area contributed by atoms with Gasteiger partial charge in [-0.2, -0.15) is 0 Å². The molecule has 0 amide bonds. The fraction of sp³-hybridized carbons (Fsp3) is 0.143. The number of carboxylic acids is 1. The molecular weight excluding hydrogens is 317 g/mol. The van der Waals surface area contributed by atoms with Gasteiger partial charge in [0, 0.05) is 22.3 Å². The van der Waals surface area contributed by atoms with E-state index in [0.29, 0.717) is 10.0 Å². The highest BCUT2D eigenvalue weighted by atomic mass is 35.5. The Labute approximate surface area is 130 Å². The number of hydrogen-bond donors (Lipinski definition) is 1. The molecule has 1 aromatic heterocycles. The molecule has 5 nitrogen and oxygen atoms in total. The third kappa shape index (κ3) is 4.24. The molecule has 2 aromatic rings. The summed E-state index contributed by atoms with van der Waals surface area (Å²) in [4.78, 5) is 22.3. The molecule has 0 aliphatic heterocycles. The van der Waals surface area contributed by atoms with Crippen LogP contribution in [0.1, 0.15) is 5.56 Å². The van der Waals surface area contributed by atoms with Crippen LogP contribution in [0.4, 0.5) is 0 Å². The first-order valence-electron chi connectivity index (χ1n) is 5.95. The molecule has 0 atom stereocenters. The van der Waals surface area contributed by atoms with Crippen LogP contribution in [-0.4, -0.2) is 22.2 Å². The van der Waals surface area contributed by atoms with Crippen molar-refractivity contribution in [2.45, 2.75) is 6.54 Å². The highest BCUT2D eigenvalue weighted by molar-refractivity contribution is 6.35. The second-order valence-electron chi connectivity index (χ2n) is 4.25. The average molecular weight is 328 g/mol. The van der Waals surface area contributed by atoms with Gasteiger partial charge in [-0.1, -0.05) is 29.3 Å². The number of nitrogens with zero attached hydrogens (tertiary/aromatic N) is 1. The standard InChI is InChI=1S/C14H11Cl2NO4/c15-10-2-1-9(12(16)5-10)7-17-4-3-11(6-13(17)18)21-8-14(19)20/h1-6H,7-8H2,(H,19,20). The van der Waals surface area contributed by atoms with Crippen molar-refractivity contribution < 1.29 is 14.6 Å². The van der Waals surface area contributed by atoms with Crippen molar-refractivity contribution in [2.24, 2.45) is 0 Å². The molecule has 110 valence electrons. The molecule has 21 heavy (non-hydrogen) atoms. The molecule has 0 unspecified atom stereocenters. The minimum atomic E-state index is -1.10. The van der Waals surface area contributed by atoms with E-state index in [4.69, 9.17) is 33.0 Å². The number of aliphatic carboxylic acids is 1. The van der Waals surface area contributed by atoms with Gasteiger partial charge in [0.1, 0.15) is 5.75 Å². The Bertz CT molecular complexity index is 727. The molecule has 7 heteroatoms. The molecular formula is C14H11Cl2NO4. The van der Waals surface area contributed by atoms with Crippen LogP contribution in [0, 0.1) is 0 Å². The Kier molecular flexibility index (Phi) is 4.88. The molecule has 0 radical (unpaired) electrons. The maximum Gasteiger partial charge on any atom is 0.341 e. The maximum atomic E-state index is 11.9. The van der Waals surface area contributed by atoms with Crippen molar-refractivity contribution in [1.29, 1.82) is 0 Å². The molecule has 1 aromatic carbocycles. The van der Waals surface area contributed by atoms with Crippen LogP contribution >= 0.6 is 23.2 Å². The first-order chi connectivity index (χ1) is 9.95. The van der Waals surface area contributed by atoms with Crippen molar-refractivity contribution in [3.8, 4) is 5.75 Å². The van der Waals surface area contributed by atoms with E-state index < -0.39 is 12.6 Å². The Morgan fingerprint density at radius 1 is 1.24 bits per heavy atom. The van der Waals surface area contributed by atoms with E-state index in [1.807, 2.05) is 0 Å². The SMILES string of the molecule is O=C(O)COc1ccn(Cc2ccc(Cl)cc2Cl)c(=O)c1. The third-order valence-corrected chi connectivity index (χ3v) is 3.27. The lowest BCUT2D eigenvalue weighted by atomic mass is 10.2. The van der Waals surface area contributed by atoms with Crippen molar-refractivity contribution in [1.82, 2.24) is 4.57 Å². The van der Waals surface area contributed by atoms with Gasteiger partial charge in [-0.3, -0.25) is 4.79 Å². The molecule has 0 bridgehead atoms. The van der Waals surface area contributed by atoms with Gasteiger partial charge in [-0.25, -0.2) is 4.79 Å². The van der Waals surface area contributed by atoms with E-state index in [0.717, 1.165) is 5.56 Å². The lowest BCUT2D eigenvalue weighted by Gasteiger charge is -2.09. The minimum absolute atomic E-state index is 0.209. The van der Waals surface area contributed by atoms with Gasteiger partial charge >= 0.3 is 5.97 Å². The first-order valence-corrected chi connectivity index (χ1v) is 6.70. The van der Waals surface area contributed by atoms with Gasteiger partial charge in [-0.15, -0.1) is 0 Å². The number of halogens is 2. The molecule has 0 spiro atoms. The Morgan fingerprint density at radius 3 is 2.62 bits per heavy atom. The zero-order chi connectivity index (χ0) is 15.4. The summed E-state index contributed by atoms with van der Waals surface area (Å²) in [6, 6.07) is 7.79. The summed E-state index contributed by atoms with van der Waals surface area (Å²) < 4.78 is 6.37. The number of hydrogen-bond acceptors (Lipinski definition) is 3. The fourth-order valence-corrected chi connectivity index (χ4v) is 2.16. The molecule has 0 fully saturated rings. The lowest BCUT2D eigenvalue weighted by molar-refractivity contribution is -0.139. The smallest absolute Gasteiger partial charge is 0.341 e. The number of ether oxygens (including phenoxy) is 1. The number of aromatic nitrogens is 1. The summed E-state index contributed by atoms with van der Waals surface area (Å²) in [5, 5.41) is 9.51. The zero-order valence-electron chi connectivity index (χ0n) is 10.8. The highest BCUT2D eigenvalue weighted by Gasteiger charge is 2.06. The Hall–Kier alpha value is -1.98. The zero-order valence-corrected chi connectivity index (χ0v) is 12.3. The first kappa shape index (κ1) is 15.4. The third-order valence-electron chi connectivity index (χ3n) is 2.69. The van der Waals surface area contributed by atoms with Crippen LogP contribution in [0.3, 0.4) is 0 Å². The van der Waals surface area contributed by atoms with Gasteiger partial charge in [-0.05, 0) is 23.8 Å². The molecule has 1 N–H and O–H groups in total. The van der Waals surface area contributed by atoms with Crippen molar-refractivity contribution in [3.63, 3.8) is 0 Å². The van der Waals surface area contributed by atoms with Gasteiger partial charge < -0.3 is 14.4 Å². The molecule has 0 aliphatic rings. The van der Waals surface area contributed by atoms with E-state index in [1.165, 1.54) is 22.9 Å². The van der Waals surface area contributed by atoms with E-state index >= 15 is 0 Å². The molecule has 0 aliphatic carbocycles. The number of pyridine rings is 1. The summed E-state index contributed by atoms with van der Waals surface area (Å²) in [6.07, 6.45) is 1.52. The van der Waals surface area contributed by atoms with Gasteiger partial charge in [0.25, 0.3) is 5.56 Å². The van der Waals surface area contributed by atoms with Gasteiger partial charge in [0.05, 0.1) is 6.54 Å². The maximum absolute atomic E-state index is 11.9. The van der Waals surface area contributed by atoms with Crippen LogP contribution in [0.5, 0.6) is 5.75 Å². The Morgan fingerprint density at radius 2 is 2.00 bits per heavy atom. The van der Waals surface area contributed by atoms with E-state index in [1.54, 1.807) is 18.2 Å². The van der Waals surface area contributed by atoms with Gasteiger partial charge in [0.15, 0.2) is 6.61 Å². The summed E-state index contributed by atoms with van der Waals surface area (Å²) in [5.41, 5.74) is 0.436. The second kappa shape index (κ2) is 6.65. The average Bonchev–Trinajstić information content (AvgIpc) is 2.42. The van der Waals surface area contributed by atoms with Crippen LogP contribution in [0.2, 0.25) is 10.0 Å². The molecule has 0 saturated heterocycles. The number of carbonyl (C=O) groups is 1. The second-order valence-corrected chi connectivity index (χ2v) is 5.09. The molecule has 2 rings (SSSR count). The number of carboxylic acid groups (broad SMARTS) is 1. The monoisotopic (exact) mass is 327 g/mol. The summed E-state index contributed by atoms with van der Waals surface area (Å²) in [6.45, 7) is -0.208. The number of benzene rings is 1. The predicted molar refractivity (Wildman–Crippen MR) is 79.4 cm³/mol. The number of rotatable bonds is 5. The lowest BCUT2D eigenvalue weighted by Crippen LogP contribution is -2.20. The molecule has 1 heterocycles. The van der Waals surface area contributed by atoms with E-state index in [-0.39, 0.29) is 17.9 Å². The minimum Gasteiger partial charge on any atom is -0.482 e. The van der Waals surface area contributed by atoms with Crippen LogP contribution in [-0.2, 0) is 11.3 Å². The largest absolute Gasteiger partial charge is 0.482 e. The predicted octanol–water partition coefficient (Wildman–Crippen LogP) is 2.67. The van der Waals surface area contributed by atoms with Crippen molar-refractivity contribution in [3.05, 3.63) is 62.5 Å². The van der Waals surface area contributed by atoms with Crippen LogP contribution in [0.25, 0.3) is 0 Å². The van der Waals surface area contributed by atoms with Crippen LogP contribution in [0.15, 0.2) is 41.3 Å². The summed E-state index contributed by atoms with van der Waals surface area (Å²) in [5.74, 6) is -0.895. The topological polar surface area (TPSA) is 68.5 Å². The summed E-state index contributed by atoms with van der Waals surface area (Å²) in [7, 11) is 0. The van der Waals surface area contributed by atoms with Gasteiger partial charge in [0.2, 0.25) is 0 Å². The van der Waals surface area contributed by atoms with E-state index in [9.17, 15) is 9.59 Å². The van der Waals surface area contributed by atoms with Crippen molar-refractivity contribution in [2.75, 3.05) is 6.61 Å². The fourth-order valence-electron chi connectivity index (χ4n) is 1.69. The quantitative estimate of drug-likeness (QED) is 0.916. The van der Waals surface area contributed by atoms with E-state index in [2.05, 4.69) is 0 Å². The van der Waals surface area contributed by atoms with Crippen LogP contribution < -0.4 is 10.3 Å². The molecule has 0 saturated carbocycles.